The molecule has 1 amide bonds. The van der Waals surface area contributed by atoms with Gasteiger partial charge in [-0.1, -0.05) is 23.8 Å². The fourth-order valence-electron chi connectivity index (χ4n) is 2.23. The molecule has 3 aromatic rings. The maximum absolute atomic E-state index is 12.0. The number of amides is 1. The van der Waals surface area contributed by atoms with Crippen LogP contribution in [0.15, 0.2) is 54.2 Å². The molecule has 3 rings (SSSR count). The van der Waals surface area contributed by atoms with Gasteiger partial charge in [-0.15, -0.1) is 11.3 Å². The molecule has 1 N–H and O–H groups in total. The summed E-state index contributed by atoms with van der Waals surface area (Å²) in [4.78, 5) is 20.5. The van der Waals surface area contributed by atoms with Crippen LogP contribution in [0.25, 0.3) is 10.6 Å². The van der Waals surface area contributed by atoms with Crippen LogP contribution < -0.4 is 5.32 Å². The van der Waals surface area contributed by atoms with Crippen LogP contribution in [0.3, 0.4) is 0 Å². The Bertz CT molecular complexity index is 799. The van der Waals surface area contributed by atoms with E-state index in [1.165, 1.54) is 5.56 Å². The zero-order valence-corrected chi connectivity index (χ0v) is 13.6. The van der Waals surface area contributed by atoms with Crippen molar-refractivity contribution in [3.63, 3.8) is 0 Å². The predicted octanol–water partition coefficient (Wildman–Crippen LogP) is 3.37. The Labute approximate surface area is 139 Å². The van der Waals surface area contributed by atoms with Crippen molar-refractivity contribution in [3.05, 3.63) is 71.0 Å². The maximum atomic E-state index is 12.0. The Kier molecular flexibility index (Phi) is 4.78. The average molecular weight is 323 g/mol. The number of thiazole rings is 1. The number of aryl methyl sites for hydroxylation is 1. The van der Waals surface area contributed by atoms with Crippen LogP contribution in [0.1, 0.15) is 16.8 Å². The highest BCUT2D eigenvalue weighted by molar-refractivity contribution is 7.13. The molecule has 4 nitrogen and oxygen atoms in total. The van der Waals surface area contributed by atoms with Crippen LogP contribution in [0.4, 0.5) is 0 Å². The summed E-state index contributed by atoms with van der Waals surface area (Å²) in [6.45, 7) is 2.57. The Morgan fingerprint density at radius 2 is 2.04 bits per heavy atom. The highest BCUT2D eigenvalue weighted by Crippen LogP contribution is 2.24. The monoisotopic (exact) mass is 323 g/mol. The second-order valence-electron chi connectivity index (χ2n) is 5.32. The van der Waals surface area contributed by atoms with E-state index in [1.54, 1.807) is 23.7 Å². The number of carbonyl (C=O) groups excluding carboxylic acids is 1. The number of aromatic nitrogens is 2. The molecule has 0 fully saturated rings. The third-order valence-electron chi connectivity index (χ3n) is 3.40. The molecule has 0 saturated carbocycles. The summed E-state index contributed by atoms with van der Waals surface area (Å²) < 4.78 is 0. The van der Waals surface area contributed by atoms with Gasteiger partial charge in [0.2, 0.25) is 5.91 Å². The van der Waals surface area contributed by atoms with E-state index >= 15 is 0 Å². The summed E-state index contributed by atoms with van der Waals surface area (Å²) in [5.41, 5.74) is 4.14. The van der Waals surface area contributed by atoms with Crippen LogP contribution in [0.5, 0.6) is 0 Å². The molecule has 0 saturated heterocycles. The molecular weight excluding hydrogens is 306 g/mol. The first-order valence-electron chi connectivity index (χ1n) is 7.38. The van der Waals surface area contributed by atoms with Gasteiger partial charge < -0.3 is 5.32 Å². The van der Waals surface area contributed by atoms with E-state index < -0.39 is 0 Å². The van der Waals surface area contributed by atoms with Gasteiger partial charge >= 0.3 is 0 Å². The van der Waals surface area contributed by atoms with Gasteiger partial charge in [-0.25, -0.2) is 4.98 Å². The van der Waals surface area contributed by atoms with Crippen molar-refractivity contribution in [1.29, 1.82) is 0 Å². The molecule has 0 radical (unpaired) electrons. The van der Waals surface area contributed by atoms with Gasteiger partial charge in [-0.2, -0.15) is 0 Å². The lowest BCUT2D eigenvalue weighted by molar-refractivity contribution is -0.120. The Hall–Kier alpha value is -2.53. The van der Waals surface area contributed by atoms with E-state index in [-0.39, 0.29) is 5.91 Å². The standard InChI is InChI=1S/C18H17N3OS/c1-13-3-2-4-15(9-13)18-21-16(12-23-18)10-17(22)20-11-14-5-7-19-8-6-14/h2-9,12H,10-11H2,1H3,(H,20,22). The van der Waals surface area contributed by atoms with E-state index in [9.17, 15) is 4.79 Å². The lowest BCUT2D eigenvalue weighted by Crippen LogP contribution is -2.24. The number of benzene rings is 1. The summed E-state index contributed by atoms with van der Waals surface area (Å²) in [7, 11) is 0. The molecule has 0 bridgehead atoms. The molecule has 5 heteroatoms. The number of hydrogen-bond donors (Lipinski definition) is 1. The van der Waals surface area contributed by atoms with Crippen LogP contribution in [-0.4, -0.2) is 15.9 Å². The largest absolute Gasteiger partial charge is 0.352 e. The number of hydrogen-bond acceptors (Lipinski definition) is 4. The summed E-state index contributed by atoms with van der Waals surface area (Å²) in [6, 6.07) is 12.0. The molecular formula is C18H17N3OS. The quantitative estimate of drug-likeness (QED) is 0.783. The van der Waals surface area contributed by atoms with Gasteiger partial charge in [-0.05, 0) is 30.7 Å². The molecule has 116 valence electrons. The highest BCUT2D eigenvalue weighted by atomic mass is 32.1. The highest BCUT2D eigenvalue weighted by Gasteiger charge is 2.09. The van der Waals surface area contributed by atoms with E-state index in [2.05, 4.69) is 34.3 Å². The maximum Gasteiger partial charge on any atom is 0.226 e. The molecule has 2 aromatic heterocycles. The van der Waals surface area contributed by atoms with Crippen molar-refractivity contribution in [2.24, 2.45) is 0 Å². The summed E-state index contributed by atoms with van der Waals surface area (Å²) in [5, 5.41) is 5.80. The van der Waals surface area contributed by atoms with Crippen molar-refractivity contribution in [2.45, 2.75) is 19.9 Å². The van der Waals surface area contributed by atoms with Gasteiger partial charge in [0, 0.05) is 29.9 Å². The topological polar surface area (TPSA) is 54.9 Å². The number of nitrogens with one attached hydrogen (secondary N) is 1. The minimum absolute atomic E-state index is 0.0251. The van der Waals surface area contributed by atoms with Gasteiger partial charge in [0.1, 0.15) is 5.01 Å². The van der Waals surface area contributed by atoms with Gasteiger partial charge in [0.15, 0.2) is 0 Å². The SMILES string of the molecule is Cc1cccc(-c2nc(CC(=O)NCc3ccncc3)cs2)c1. The Morgan fingerprint density at radius 1 is 1.22 bits per heavy atom. The van der Waals surface area contributed by atoms with Crippen molar-refractivity contribution < 1.29 is 4.79 Å². The smallest absolute Gasteiger partial charge is 0.226 e. The first-order valence-corrected chi connectivity index (χ1v) is 8.26. The first-order chi connectivity index (χ1) is 11.2. The summed E-state index contributed by atoms with van der Waals surface area (Å²) >= 11 is 1.57. The lowest BCUT2D eigenvalue weighted by Gasteiger charge is -2.03. The van der Waals surface area contributed by atoms with E-state index in [0.29, 0.717) is 13.0 Å². The van der Waals surface area contributed by atoms with E-state index in [4.69, 9.17) is 0 Å². The normalized spacial score (nSPS) is 10.5. The van der Waals surface area contributed by atoms with Crippen molar-refractivity contribution in [1.82, 2.24) is 15.3 Å². The summed E-state index contributed by atoms with van der Waals surface area (Å²) in [5.74, 6) is -0.0251. The van der Waals surface area contributed by atoms with Gasteiger partial charge in [0.05, 0.1) is 12.1 Å². The minimum atomic E-state index is -0.0251. The molecule has 0 aliphatic rings. The third-order valence-corrected chi connectivity index (χ3v) is 4.34. The zero-order valence-electron chi connectivity index (χ0n) is 12.8. The second-order valence-corrected chi connectivity index (χ2v) is 6.18. The molecule has 0 spiro atoms. The van der Waals surface area contributed by atoms with Crippen molar-refractivity contribution >= 4 is 17.2 Å². The van der Waals surface area contributed by atoms with E-state index in [0.717, 1.165) is 21.8 Å². The number of rotatable bonds is 5. The second kappa shape index (κ2) is 7.15. The fourth-order valence-corrected chi connectivity index (χ4v) is 3.04. The van der Waals surface area contributed by atoms with Crippen molar-refractivity contribution in [2.75, 3.05) is 0 Å². The van der Waals surface area contributed by atoms with Gasteiger partial charge in [-0.3, -0.25) is 9.78 Å². The molecule has 0 unspecified atom stereocenters. The third kappa shape index (κ3) is 4.23. The molecule has 0 atom stereocenters. The number of carbonyl (C=O) groups is 1. The number of pyridine rings is 1. The Balaban J connectivity index is 1.59. The average Bonchev–Trinajstić information content (AvgIpc) is 3.02. The summed E-state index contributed by atoms with van der Waals surface area (Å²) in [6.07, 6.45) is 3.74. The van der Waals surface area contributed by atoms with Crippen LogP contribution in [-0.2, 0) is 17.8 Å². The Morgan fingerprint density at radius 3 is 2.83 bits per heavy atom. The predicted molar refractivity (Wildman–Crippen MR) is 92.1 cm³/mol. The van der Waals surface area contributed by atoms with Crippen LogP contribution in [0, 0.1) is 6.92 Å². The van der Waals surface area contributed by atoms with Crippen molar-refractivity contribution in [3.8, 4) is 10.6 Å². The number of nitrogens with zero attached hydrogens (tertiary/aromatic N) is 2. The lowest BCUT2D eigenvalue weighted by atomic mass is 10.1. The van der Waals surface area contributed by atoms with E-state index in [1.807, 2.05) is 29.6 Å². The van der Waals surface area contributed by atoms with Gasteiger partial charge in [0.25, 0.3) is 0 Å². The zero-order chi connectivity index (χ0) is 16.1. The molecule has 0 aliphatic heterocycles. The fraction of sp³-hybridized carbons (Fsp3) is 0.167. The molecule has 2 heterocycles. The molecule has 1 aromatic carbocycles. The first kappa shape index (κ1) is 15.4. The minimum Gasteiger partial charge on any atom is -0.352 e. The molecule has 0 aliphatic carbocycles. The van der Waals surface area contributed by atoms with Crippen LogP contribution >= 0.6 is 11.3 Å². The van der Waals surface area contributed by atoms with Crippen LogP contribution in [0.2, 0.25) is 0 Å². The molecule has 23 heavy (non-hydrogen) atoms.